The number of amides is 2. The van der Waals surface area contributed by atoms with Crippen LogP contribution in [0.1, 0.15) is 50.6 Å². The highest BCUT2D eigenvalue weighted by Crippen LogP contribution is 2.38. The number of ether oxygens (including phenoxy) is 3. The topological polar surface area (TPSA) is 108 Å². The quantitative estimate of drug-likeness (QED) is 0.342. The number of fused-ring (bicyclic) bond motifs is 1. The summed E-state index contributed by atoms with van der Waals surface area (Å²) < 4.78 is 18.4. The van der Waals surface area contributed by atoms with Gasteiger partial charge in [-0.25, -0.2) is 4.68 Å². The molecule has 1 aliphatic rings. The van der Waals surface area contributed by atoms with Crippen molar-refractivity contribution in [2.45, 2.75) is 57.7 Å². The van der Waals surface area contributed by atoms with E-state index in [1.807, 2.05) is 37.3 Å². The molecule has 1 aliphatic carbocycles. The average molecular weight is 524 g/mol. The fourth-order valence-corrected chi connectivity index (χ4v) is 5.06. The second kappa shape index (κ2) is 13.2. The number of rotatable bonds is 13. The number of carbonyl (C=O) groups is 2. The molecule has 10 heteroatoms. The summed E-state index contributed by atoms with van der Waals surface area (Å²) >= 11 is 0. The molecule has 1 atom stereocenters. The maximum Gasteiger partial charge on any atom is 0.247 e. The van der Waals surface area contributed by atoms with Crippen molar-refractivity contribution >= 4 is 22.8 Å². The molecule has 0 bridgehead atoms. The standard InChI is InChI=1S/C28H37N5O5/c1-4-38-18-10-17-32(25(34)19-33-23-15-8-7-14-22(23)30-31-33)26(28(35)29-20-11-5-6-12-20)21-13-9-16-24(36-2)27(21)37-3/h7-9,13-16,20,26H,4-6,10-12,17-19H2,1-3H3,(H,29,35)/t26-/m1/s1. The van der Waals surface area contributed by atoms with Gasteiger partial charge in [0.1, 0.15) is 18.1 Å². The van der Waals surface area contributed by atoms with Gasteiger partial charge in [-0.15, -0.1) is 5.10 Å². The van der Waals surface area contributed by atoms with Crippen LogP contribution in [-0.2, 0) is 20.9 Å². The SMILES string of the molecule is CCOCCCN(C(=O)Cn1nnc2ccccc21)[C@@H](C(=O)NC1CCCC1)c1cccc(OC)c1OC. The van der Waals surface area contributed by atoms with Crippen molar-refractivity contribution in [2.24, 2.45) is 0 Å². The van der Waals surface area contributed by atoms with E-state index >= 15 is 0 Å². The lowest BCUT2D eigenvalue weighted by atomic mass is 10.0. The largest absolute Gasteiger partial charge is 0.493 e. The second-order valence-corrected chi connectivity index (χ2v) is 9.35. The van der Waals surface area contributed by atoms with Crippen molar-refractivity contribution in [3.05, 3.63) is 48.0 Å². The Morgan fingerprint density at radius 2 is 1.89 bits per heavy atom. The van der Waals surface area contributed by atoms with Gasteiger partial charge in [-0.2, -0.15) is 0 Å². The van der Waals surface area contributed by atoms with Crippen LogP contribution in [0.2, 0.25) is 0 Å². The first-order valence-electron chi connectivity index (χ1n) is 13.2. The van der Waals surface area contributed by atoms with Crippen LogP contribution in [0.3, 0.4) is 0 Å². The van der Waals surface area contributed by atoms with E-state index in [2.05, 4.69) is 15.6 Å². The van der Waals surface area contributed by atoms with E-state index in [9.17, 15) is 9.59 Å². The van der Waals surface area contributed by atoms with Crippen LogP contribution in [0.5, 0.6) is 11.5 Å². The predicted octanol–water partition coefficient (Wildman–Crippen LogP) is 3.50. The van der Waals surface area contributed by atoms with Gasteiger partial charge in [0, 0.05) is 31.4 Å². The van der Waals surface area contributed by atoms with Gasteiger partial charge in [0.05, 0.1) is 19.7 Å². The molecule has 38 heavy (non-hydrogen) atoms. The molecular weight excluding hydrogens is 486 g/mol. The normalized spacial score (nSPS) is 14.4. The van der Waals surface area contributed by atoms with Gasteiger partial charge in [-0.1, -0.05) is 42.3 Å². The van der Waals surface area contributed by atoms with Gasteiger partial charge in [0.2, 0.25) is 11.8 Å². The number of methoxy groups -OCH3 is 2. The maximum absolute atomic E-state index is 14.0. The zero-order valence-corrected chi connectivity index (χ0v) is 22.4. The summed E-state index contributed by atoms with van der Waals surface area (Å²) in [4.78, 5) is 29.5. The van der Waals surface area contributed by atoms with Crippen LogP contribution in [0.15, 0.2) is 42.5 Å². The number of nitrogens with one attached hydrogen (secondary N) is 1. The molecule has 1 heterocycles. The van der Waals surface area contributed by atoms with Crippen molar-refractivity contribution in [1.29, 1.82) is 0 Å². The smallest absolute Gasteiger partial charge is 0.247 e. The Morgan fingerprint density at radius 1 is 1.11 bits per heavy atom. The Kier molecular flexibility index (Phi) is 9.53. The van der Waals surface area contributed by atoms with Gasteiger partial charge >= 0.3 is 0 Å². The van der Waals surface area contributed by atoms with E-state index < -0.39 is 6.04 Å². The van der Waals surface area contributed by atoms with Crippen LogP contribution < -0.4 is 14.8 Å². The zero-order valence-electron chi connectivity index (χ0n) is 22.4. The number of hydrogen-bond acceptors (Lipinski definition) is 7. The predicted molar refractivity (Wildman–Crippen MR) is 143 cm³/mol. The minimum atomic E-state index is -0.926. The molecule has 1 saturated carbocycles. The minimum absolute atomic E-state index is 0.0609. The third-order valence-electron chi connectivity index (χ3n) is 6.91. The van der Waals surface area contributed by atoms with Crippen LogP contribution in [0.4, 0.5) is 0 Å². The summed E-state index contributed by atoms with van der Waals surface area (Å²) in [7, 11) is 3.09. The van der Waals surface area contributed by atoms with Gasteiger partial charge in [0.25, 0.3) is 0 Å². The monoisotopic (exact) mass is 523 g/mol. The lowest BCUT2D eigenvalue weighted by Crippen LogP contribution is -2.47. The highest BCUT2D eigenvalue weighted by molar-refractivity contribution is 5.90. The molecule has 0 aliphatic heterocycles. The molecule has 204 valence electrons. The number of hydrogen-bond donors (Lipinski definition) is 1. The Labute approximate surface area is 223 Å². The van der Waals surface area contributed by atoms with Gasteiger partial charge < -0.3 is 24.4 Å². The van der Waals surface area contributed by atoms with E-state index in [1.165, 1.54) is 7.11 Å². The van der Waals surface area contributed by atoms with Gasteiger partial charge in [0.15, 0.2) is 11.5 Å². The first-order chi connectivity index (χ1) is 18.6. The summed E-state index contributed by atoms with van der Waals surface area (Å²) in [6.07, 6.45) is 4.58. The van der Waals surface area contributed by atoms with Crippen molar-refractivity contribution < 1.29 is 23.8 Å². The molecule has 0 saturated heterocycles. The summed E-state index contributed by atoms with van der Waals surface area (Å²) in [5.74, 6) is 0.424. The highest BCUT2D eigenvalue weighted by Gasteiger charge is 2.36. The minimum Gasteiger partial charge on any atom is -0.493 e. The molecule has 1 N–H and O–H groups in total. The molecule has 2 amide bonds. The van der Waals surface area contributed by atoms with Gasteiger partial charge in [-0.05, 0) is 44.4 Å². The third kappa shape index (κ3) is 6.24. The van der Waals surface area contributed by atoms with Crippen LogP contribution in [-0.4, -0.2) is 71.7 Å². The van der Waals surface area contributed by atoms with E-state index in [0.29, 0.717) is 48.8 Å². The van der Waals surface area contributed by atoms with Crippen molar-refractivity contribution in [3.8, 4) is 11.5 Å². The average Bonchev–Trinajstić information content (AvgIpc) is 3.60. The third-order valence-corrected chi connectivity index (χ3v) is 6.91. The Hall–Kier alpha value is -3.66. The Bertz CT molecular complexity index is 1220. The lowest BCUT2D eigenvalue weighted by Gasteiger charge is -2.33. The van der Waals surface area contributed by atoms with Crippen molar-refractivity contribution in [3.63, 3.8) is 0 Å². The summed E-state index contributed by atoms with van der Waals surface area (Å²) in [5, 5.41) is 11.6. The van der Waals surface area contributed by atoms with Crippen LogP contribution in [0, 0.1) is 0 Å². The van der Waals surface area contributed by atoms with Crippen LogP contribution >= 0.6 is 0 Å². The second-order valence-electron chi connectivity index (χ2n) is 9.35. The molecule has 4 rings (SSSR count). The number of carbonyl (C=O) groups excluding carboxylic acids is 2. The fraction of sp³-hybridized carbons (Fsp3) is 0.500. The van der Waals surface area contributed by atoms with Crippen molar-refractivity contribution in [2.75, 3.05) is 34.0 Å². The molecule has 0 unspecified atom stereocenters. The van der Waals surface area contributed by atoms with E-state index in [-0.39, 0.29) is 24.4 Å². The zero-order chi connectivity index (χ0) is 26.9. The van der Waals surface area contributed by atoms with E-state index in [0.717, 1.165) is 31.2 Å². The Morgan fingerprint density at radius 3 is 2.63 bits per heavy atom. The first-order valence-corrected chi connectivity index (χ1v) is 13.2. The molecule has 10 nitrogen and oxygen atoms in total. The van der Waals surface area contributed by atoms with Gasteiger partial charge in [-0.3, -0.25) is 9.59 Å². The molecule has 3 aromatic rings. The van der Waals surface area contributed by atoms with E-state index in [4.69, 9.17) is 14.2 Å². The number of benzene rings is 2. The number of aromatic nitrogens is 3. The van der Waals surface area contributed by atoms with Crippen molar-refractivity contribution in [1.82, 2.24) is 25.2 Å². The number of nitrogens with zero attached hydrogens (tertiary/aromatic N) is 4. The van der Waals surface area contributed by atoms with Crippen LogP contribution in [0.25, 0.3) is 11.0 Å². The maximum atomic E-state index is 14.0. The highest BCUT2D eigenvalue weighted by atomic mass is 16.5. The summed E-state index contributed by atoms with van der Waals surface area (Å²) in [6, 6.07) is 12.0. The molecule has 1 aromatic heterocycles. The molecule has 1 fully saturated rings. The fourth-order valence-electron chi connectivity index (χ4n) is 5.06. The molecule has 0 radical (unpaired) electrons. The number of para-hydroxylation sites is 2. The summed E-state index contributed by atoms with van der Waals surface area (Å²) in [5.41, 5.74) is 2.02. The van der Waals surface area contributed by atoms with E-state index in [1.54, 1.807) is 28.8 Å². The molecule has 0 spiro atoms. The molecule has 2 aromatic carbocycles. The summed E-state index contributed by atoms with van der Waals surface area (Å²) in [6.45, 7) is 3.23. The Balaban J connectivity index is 1.72. The first kappa shape index (κ1) is 27.4. The lowest BCUT2D eigenvalue weighted by molar-refractivity contribution is -0.142. The molecular formula is C28H37N5O5.